The number of anilines is 2. The van der Waals surface area contributed by atoms with E-state index in [0.717, 1.165) is 15.6 Å². The molecule has 0 aliphatic heterocycles. The number of nitrogens with zero attached hydrogens (tertiary/aromatic N) is 3. The molecule has 0 spiro atoms. The number of benzene rings is 3. The van der Waals surface area contributed by atoms with Gasteiger partial charge in [-0.25, -0.2) is 29.1 Å². The summed E-state index contributed by atoms with van der Waals surface area (Å²) in [6.45, 7) is 8.06. The molecule has 31 heteroatoms. The van der Waals surface area contributed by atoms with Gasteiger partial charge >= 0.3 is 24.3 Å². The fourth-order valence-corrected chi connectivity index (χ4v) is 11.1. The number of carbonyl (C=O) groups is 8. The van der Waals surface area contributed by atoms with Crippen molar-refractivity contribution < 1.29 is 73.5 Å². The van der Waals surface area contributed by atoms with Crippen molar-refractivity contribution in [2.24, 2.45) is 40.9 Å². The number of alkyl carbamates (subject to hydrolysis) is 1. The van der Waals surface area contributed by atoms with Gasteiger partial charge in [0, 0.05) is 85.2 Å². The predicted octanol–water partition coefficient (Wildman–Crippen LogP) is 9.38. The first kappa shape index (κ1) is 78.2. The van der Waals surface area contributed by atoms with Gasteiger partial charge < -0.3 is 68.2 Å². The van der Waals surface area contributed by atoms with Gasteiger partial charge in [-0.05, 0) is 131 Å². The van der Waals surface area contributed by atoms with Crippen molar-refractivity contribution in [3.05, 3.63) is 143 Å². The fourth-order valence-electron chi connectivity index (χ4n) is 7.64. The lowest BCUT2D eigenvalue weighted by molar-refractivity contribution is -0.384. The molecule has 0 bridgehead atoms. The van der Waals surface area contributed by atoms with Gasteiger partial charge in [0.05, 0.1) is 38.7 Å². The quantitative estimate of drug-likeness (QED) is 0.00450. The normalized spacial score (nSPS) is 11.9. The Morgan fingerprint density at radius 2 is 1.10 bits per heavy atom. The number of primary amides is 2. The number of aliphatic hydroxyl groups is 2. The van der Waals surface area contributed by atoms with Crippen LogP contribution in [0.2, 0.25) is 0 Å². The molecule has 0 radical (unpaired) electrons. The molecule has 0 saturated carbocycles. The molecule has 2 aromatic heterocycles. The zero-order valence-electron chi connectivity index (χ0n) is 52.4. The molecule has 0 aliphatic carbocycles. The third-order valence-electron chi connectivity index (χ3n) is 12.5. The van der Waals surface area contributed by atoms with Crippen molar-refractivity contribution in [3.8, 4) is 5.75 Å². The van der Waals surface area contributed by atoms with Gasteiger partial charge in [-0.1, -0.05) is 85.7 Å². The Labute approximate surface area is 551 Å². The van der Waals surface area contributed by atoms with E-state index in [-0.39, 0.29) is 92.5 Å². The van der Waals surface area contributed by atoms with Crippen molar-refractivity contribution in [2.75, 3.05) is 55.6 Å². The van der Waals surface area contributed by atoms with Gasteiger partial charge in [-0.15, -0.1) is 0 Å². The summed E-state index contributed by atoms with van der Waals surface area (Å²) in [7, 11) is 4.97. The van der Waals surface area contributed by atoms with Crippen molar-refractivity contribution >= 4 is 108 Å². The minimum atomic E-state index is -1.00. The molecule has 13 N–H and O–H groups in total. The Morgan fingerprint density at radius 3 is 1.49 bits per heavy atom. The van der Waals surface area contributed by atoms with Gasteiger partial charge in [-0.2, -0.15) is 0 Å². The summed E-state index contributed by atoms with van der Waals surface area (Å²) in [5.41, 5.74) is 18.5. The monoisotopic (exact) mass is 1360 g/mol. The number of urea groups is 2. The maximum atomic E-state index is 13.3. The molecule has 0 saturated heterocycles. The van der Waals surface area contributed by atoms with Crippen molar-refractivity contribution in [2.45, 2.75) is 102 Å². The summed E-state index contributed by atoms with van der Waals surface area (Å²) in [6, 6.07) is 27.2. The van der Waals surface area contributed by atoms with E-state index in [4.69, 9.17) is 37.9 Å². The number of ketones is 2. The number of non-ortho nitro benzene ring substituents is 1. The van der Waals surface area contributed by atoms with E-state index in [9.17, 15) is 58.0 Å². The van der Waals surface area contributed by atoms with Crippen LogP contribution in [0.15, 0.2) is 132 Å². The Bertz CT molecular complexity index is 3030. The Balaban J connectivity index is 0.000000485. The number of carbonyl (C=O) groups excluding carboxylic acids is 8. The van der Waals surface area contributed by atoms with Gasteiger partial charge in [0.15, 0.2) is 11.6 Å². The topological polar surface area (TPSA) is 412 Å². The zero-order valence-corrected chi connectivity index (χ0v) is 54.7. The number of hydrogen-bond acceptors (Lipinski definition) is 22. The van der Waals surface area contributed by atoms with Crippen LogP contribution in [0.1, 0.15) is 78.7 Å². The Kier molecular flexibility index (Phi) is 39.9. The van der Waals surface area contributed by atoms with E-state index in [1.54, 1.807) is 74.8 Å². The molecular formula is C61H82FN11O15S4. The Hall–Kier alpha value is -8.07. The first-order valence-corrected chi connectivity index (χ1v) is 33.3. The van der Waals surface area contributed by atoms with Crippen LogP contribution in [0, 0.1) is 33.8 Å². The SMILES string of the molecule is CC(C)[C@H](N)C(=O)C[C@@H](CCCNC(N)=O)C(=O)Nc1ccc(CO)cc1.CC(C)[C@H](NC(=O)OCCSSc1ccccn1)C(=O)C[C@@H](CCCNC(N)=O)C(=O)Nc1ccc(CO)cc1.O=C(OCCSSc1ccccn1)Oc1ccc([N+](=O)[O-])cc1.[2H]CF. The number of aromatic nitrogens is 2. The maximum absolute atomic E-state index is 13.3. The van der Waals surface area contributed by atoms with Crippen LogP contribution < -0.4 is 48.5 Å². The van der Waals surface area contributed by atoms with Crippen LogP contribution in [-0.2, 0) is 41.9 Å². The third-order valence-corrected chi connectivity index (χ3v) is 16.9. The summed E-state index contributed by atoms with van der Waals surface area (Å²) in [4.78, 5) is 115. The average Bonchev–Trinajstić information content (AvgIpc) is 3.11. The van der Waals surface area contributed by atoms with Crippen molar-refractivity contribution in [1.82, 2.24) is 25.9 Å². The molecule has 26 nitrogen and oxygen atoms in total. The molecule has 5 rings (SSSR count). The second kappa shape index (κ2) is 46.9. The molecular weight excluding hydrogens is 1270 g/mol. The molecule has 0 unspecified atom stereocenters. The number of nitrogens with two attached hydrogens (primary N) is 3. The van der Waals surface area contributed by atoms with E-state index in [0.29, 0.717) is 60.7 Å². The number of hydrogen-bond donors (Lipinski definition) is 10. The Morgan fingerprint density at radius 1 is 0.652 bits per heavy atom. The fraction of sp³-hybridized carbons (Fsp3) is 0.410. The third kappa shape index (κ3) is 34.9. The highest BCUT2D eigenvalue weighted by atomic mass is 33.1. The van der Waals surface area contributed by atoms with Crippen molar-refractivity contribution in [1.29, 1.82) is 0 Å². The van der Waals surface area contributed by atoms with Gasteiger partial charge in [0.25, 0.3) is 5.69 Å². The number of Topliss-reactive ketones (excluding diaryl/α,β-unsaturated/α-hetero) is 2. The number of rotatable bonds is 35. The molecule has 0 fully saturated rings. The predicted molar refractivity (Wildman–Crippen MR) is 355 cm³/mol. The lowest BCUT2D eigenvalue weighted by Gasteiger charge is -2.23. The standard InChI is InChI=1S/C27H37N5O6S2.C19H30N4O4.C14H12N2O5S2.CH3F/c1-18(2)24(32-27(37)38-14-15-39-40-23-7-3-4-12-29-23)22(34)16-20(6-5-13-30-26(28)36)25(35)31-21-10-8-19(17-33)9-11-21;1-12(2)17(20)16(25)10-14(4-3-9-22-19(21)27)18(26)23-15-7-5-13(11-24)6-8-15;17-14(21-12-6-4-11(5-7-12)16(18)19)20-9-10-22-23-13-3-1-2-8-15-13;1-2/h3-4,7-12,18,20,24,33H,5-6,13-17H2,1-2H3,(H,31,35)(H,32,37)(H3,28,30,36);5-8,12,14,17,24H,3-4,9-11,20H2,1-2H3,(H,23,26)(H3,21,22,27);1-8H,9-10H2;1H3/t20-,24+;14-,17+;;/m11../s1/i;;;1D. The highest BCUT2D eigenvalue weighted by molar-refractivity contribution is 8.77. The maximum Gasteiger partial charge on any atom is 0.513 e. The number of amides is 7. The molecule has 5 aromatic rings. The van der Waals surface area contributed by atoms with Gasteiger partial charge in [-0.3, -0.25) is 33.7 Å². The molecule has 4 atom stereocenters. The number of nitro groups is 1. The average molecular weight is 1360 g/mol. The molecule has 7 amide bonds. The number of ether oxygens (including phenoxy) is 3. The highest BCUT2D eigenvalue weighted by Crippen LogP contribution is 2.30. The van der Waals surface area contributed by atoms with Crippen LogP contribution in [0.25, 0.3) is 0 Å². The number of alkyl halides is 1. The molecule has 3 aromatic carbocycles. The lowest BCUT2D eigenvalue weighted by atomic mass is 9.89. The van der Waals surface area contributed by atoms with E-state index in [1.165, 1.54) is 67.4 Å². The van der Waals surface area contributed by atoms with Crippen LogP contribution in [0.4, 0.5) is 40.6 Å². The van der Waals surface area contributed by atoms with E-state index in [2.05, 4.69) is 36.6 Å². The number of pyridine rings is 2. The summed E-state index contributed by atoms with van der Waals surface area (Å²) in [5, 5.41) is 43.7. The van der Waals surface area contributed by atoms with E-state index < -0.39 is 60.3 Å². The minimum Gasteiger partial charge on any atom is -0.449 e. The lowest BCUT2D eigenvalue weighted by Crippen LogP contribution is -2.46. The van der Waals surface area contributed by atoms with E-state index in [1.807, 2.05) is 50.2 Å². The first-order chi connectivity index (χ1) is 44.5. The van der Waals surface area contributed by atoms with Gasteiger partial charge in [0.1, 0.15) is 29.0 Å². The smallest absolute Gasteiger partial charge is 0.449 e. The van der Waals surface area contributed by atoms with Crippen LogP contribution in [-0.4, -0.2) is 130 Å². The summed E-state index contributed by atoms with van der Waals surface area (Å²) in [5.74, 6) is -1.32. The van der Waals surface area contributed by atoms with Gasteiger partial charge in [0.2, 0.25) is 11.8 Å². The largest absolute Gasteiger partial charge is 0.513 e. The highest BCUT2D eigenvalue weighted by Gasteiger charge is 2.30. The van der Waals surface area contributed by atoms with Crippen molar-refractivity contribution in [3.63, 3.8) is 0 Å². The molecule has 502 valence electrons. The van der Waals surface area contributed by atoms with Crippen LogP contribution >= 0.6 is 43.2 Å². The number of nitrogens with one attached hydrogen (secondary N) is 5. The van der Waals surface area contributed by atoms with Crippen LogP contribution in [0.5, 0.6) is 5.75 Å². The molecule has 92 heavy (non-hydrogen) atoms. The molecule has 0 aliphatic rings. The van der Waals surface area contributed by atoms with Crippen LogP contribution in [0.3, 0.4) is 0 Å². The summed E-state index contributed by atoms with van der Waals surface area (Å²) in [6.07, 6.45) is 3.45. The second-order valence-electron chi connectivity index (χ2n) is 20.2. The number of halogens is 1. The first-order valence-electron chi connectivity index (χ1n) is 29.4. The number of aliphatic hydroxyl groups excluding tert-OH is 2. The van der Waals surface area contributed by atoms with E-state index >= 15 is 0 Å². The number of nitro benzene ring substituents is 1. The summed E-state index contributed by atoms with van der Waals surface area (Å²) >= 11 is 0. The second-order valence-corrected chi connectivity index (χ2v) is 25.0. The summed E-state index contributed by atoms with van der Waals surface area (Å²) < 4.78 is 30.6. The zero-order chi connectivity index (χ0) is 68.9. The molecule has 2 heterocycles. The minimum absolute atomic E-state index is 0.0104.